The second-order valence-corrected chi connectivity index (χ2v) is 5.40. The predicted octanol–water partition coefficient (Wildman–Crippen LogP) is 1.37. The van der Waals surface area contributed by atoms with Crippen molar-refractivity contribution in [2.24, 2.45) is 5.73 Å². The molecule has 110 valence electrons. The van der Waals surface area contributed by atoms with Crippen LogP contribution in [-0.4, -0.2) is 44.9 Å². The SMILES string of the molecule is CN(C(=O)n1nnc2cc(C(N)=O)ccc21)C1CCCC1. The first-order valence-electron chi connectivity index (χ1n) is 7.00. The molecular weight excluding hydrogens is 270 g/mol. The first-order chi connectivity index (χ1) is 10.1. The highest BCUT2D eigenvalue weighted by Gasteiger charge is 2.26. The maximum absolute atomic E-state index is 12.5. The van der Waals surface area contributed by atoms with Crippen LogP contribution in [0.2, 0.25) is 0 Å². The molecule has 0 aliphatic heterocycles. The van der Waals surface area contributed by atoms with E-state index < -0.39 is 5.91 Å². The lowest BCUT2D eigenvalue weighted by Crippen LogP contribution is -2.38. The number of carbonyl (C=O) groups is 2. The average molecular weight is 287 g/mol. The highest BCUT2D eigenvalue weighted by molar-refractivity contribution is 5.97. The van der Waals surface area contributed by atoms with E-state index in [-0.39, 0.29) is 12.1 Å². The van der Waals surface area contributed by atoms with Crippen molar-refractivity contribution in [3.05, 3.63) is 23.8 Å². The topological polar surface area (TPSA) is 94.1 Å². The Morgan fingerprint density at radius 2 is 2.05 bits per heavy atom. The monoisotopic (exact) mass is 287 g/mol. The Morgan fingerprint density at radius 1 is 1.33 bits per heavy atom. The van der Waals surface area contributed by atoms with Crippen LogP contribution in [0.15, 0.2) is 18.2 Å². The van der Waals surface area contributed by atoms with E-state index in [1.807, 2.05) is 0 Å². The molecule has 1 saturated carbocycles. The van der Waals surface area contributed by atoms with Crippen LogP contribution in [0.5, 0.6) is 0 Å². The van der Waals surface area contributed by atoms with Gasteiger partial charge in [0.05, 0.1) is 5.52 Å². The van der Waals surface area contributed by atoms with Crippen LogP contribution in [-0.2, 0) is 0 Å². The van der Waals surface area contributed by atoms with Gasteiger partial charge >= 0.3 is 6.03 Å². The maximum Gasteiger partial charge on any atom is 0.346 e. The number of hydrogen-bond acceptors (Lipinski definition) is 4. The van der Waals surface area contributed by atoms with Gasteiger partial charge in [-0.05, 0) is 31.0 Å². The van der Waals surface area contributed by atoms with Gasteiger partial charge in [-0.25, -0.2) is 4.79 Å². The lowest BCUT2D eigenvalue weighted by atomic mass is 10.2. The molecule has 0 unspecified atom stereocenters. The molecule has 1 aromatic heterocycles. The largest absolute Gasteiger partial charge is 0.366 e. The molecule has 1 heterocycles. The number of primary amides is 1. The standard InChI is InChI=1S/C14H17N5O2/c1-18(10-4-2-3-5-10)14(21)19-12-7-6-9(13(15)20)8-11(12)16-17-19/h6-8,10H,2-5H2,1H3,(H2,15,20). The summed E-state index contributed by atoms with van der Waals surface area (Å²) in [6.45, 7) is 0. The molecule has 1 aliphatic carbocycles. The number of benzene rings is 1. The molecule has 2 amide bonds. The van der Waals surface area contributed by atoms with Gasteiger partial charge in [0, 0.05) is 18.7 Å². The fourth-order valence-electron chi connectivity index (χ4n) is 2.82. The van der Waals surface area contributed by atoms with E-state index in [1.165, 1.54) is 4.68 Å². The Bertz CT molecular complexity index is 702. The van der Waals surface area contributed by atoms with Crippen molar-refractivity contribution in [2.45, 2.75) is 31.7 Å². The minimum absolute atomic E-state index is 0.198. The molecule has 2 aromatic rings. The van der Waals surface area contributed by atoms with Crippen LogP contribution >= 0.6 is 0 Å². The van der Waals surface area contributed by atoms with Crippen molar-refractivity contribution >= 4 is 23.0 Å². The second-order valence-electron chi connectivity index (χ2n) is 5.40. The molecule has 21 heavy (non-hydrogen) atoms. The number of hydrogen-bond donors (Lipinski definition) is 1. The van der Waals surface area contributed by atoms with Crippen LogP contribution in [0.25, 0.3) is 11.0 Å². The first kappa shape index (κ1) is 13.5. The van der Waals surface area contributed by atoms with Crippen LogP contribution in [0.3, 0.4) is 0 Å². The molecular formula is C14H17N5O2. The molecule has 1 aromatic carbocycles. The van der Waals surface area contributed by atoms with Crippen LogP contribution < -0.4 is 5.73 Å². The number of fused-ring (bicyclic) bond motifs is 1. The fraction of sp³-hybridized carbons (Fsp3) is 0.429. The van der Waals surface area contributed by atoms with E-state index in [9.17, 15) is 9.59 Å². The molecule has 7 heteroatoms. The van der Waals surface area contributed by atoms with Crippen LogP contribution in [0.4, 0.5) is 4.79 Å². The Labute approximate surface area is 121 Å². The minimum Gasteiger partial charge on any atom is -0.366 e. The minimum atomic E-state index is -0.527. The molecule has 0 atom stereocenters. The third-order valence-electron chi connectivity index (χ3n) is 4.09. The Balaban J connectivity index is 1.93. The summed E-state index contributed by atoms with van der Waals surface area (Å²) in [5.41, 5.74) is 6.65. The summed E-state index contributed by atoms with van der Waals surface area (Å²) in [6, 6.07) is 4.84. The summed E-state index contributed by atoms with van der Waals surface area (Å²) in [7, 11) is 1.80. The van der Waals surface area contributed by atoms with Gasteiger partial charge in [-0.1, -0.05) is 18.1 Å². The highest BCUT2D eigenvalue weighted by Crippen LogP contribution is 2.23. The Morgan fingerprint density at radius 3 is 2.71 bits per heavy atom. The number of amides is 2. The Kier molecular flexibility index (Phi) is 3.32. The van der Waals surface area contributed by atoms with E-state index in [4.69, 9.17) is 5.73 Å². The third-order valence-corrected chi connectivity index (χ3v) is 4.09. The van der Waals surface area contributed by atoms with Gasteiger partial charge in [-0.2, -0.15) is 4.68 Å². The number of rotatable bonds is 2. The van der Waals surface area contributed by atoms with Gasteiger partial charge in [0.2, 0.25) is 5.91 Å². The summed E-state index contributed by atoms with van der Waals surface area (Å²) in [4.78, 5) is 25.4. The van der Waals surface area contributed by atoms with Gasteiger partial charge in [-0.3, -0.25) is 4.79 Å². The lowest BCUT2D eigenvalue weighted by molar-refractivity contribution is 0.100. The second kappa shape index (κ2) is 5.16. The molecule has 2 N–H and O–H groups in total. The fourth-order valence-corrected chi connectivity index (χ4v) is 2.82. The van der Waals surface area contributed by atoms with Crippen molar-refractivity contribution in [1.29, 1.82) is 0 Å². The van der Waals surface area contributed by atoms with Gasteiger partial charge in [0.25, 0.3) is 0 Å². The summed E-state index contributed by atoms with van der Waals surface area (Å²) in [6.07, 6.45) is 4.37. The van der Waals surface area contributed by atoms with Gasteiger partial charge in [0.15, 0.2) is 0 Å². The number of nitrogens with two attached hydrogens (primary N) is 1. The Hall–Kier alpha value is -2.44. The maximum atomic E-state index is 12.5. The third kappa shape index (κ3) is 2.35. The number of aromatic nitrogens is 3. The van der Waals surface area contributed by atoms with Gasteiger partial charge in [0.1, 0.15) is 5.52 Å². The zero-order chi connectivity index (χ0) is 15.0. The van der Waals surface area contributed by atoms with Crippen molar-refractivity contribution in [3.8, 4) is 0 Å². The molecule has 1 aliphatic rings. The van der Waals surface area contributed by atoms with Crippen molar-refractivity contribution in [1.82, 2.24) is 19.9 Å². The average Bonchev–Trinajstić information content (AvgIpc) is 3.14. The molecule has 1 fully saturated rings. The van der Waals surface area contributed by atoms with Gasteiger partial charge < -0.3 is 10.6 Å². The van der Waals surface area contributed by atoms with E-state index in [0.717, 1.165) is 25.7 Å². The van der Waals surface area contributed by atoms with E-state index >= 15 is 0 Å². The lowest BCUT2D eigenvalue weighted by Gasteiger charge is -2.23. The highest BCUT2D eigenvalue weighted by atomic mass is 16.2. The molecule has 0 radical (unpaired) electrons. The van der Waals surface area contributed by atoms with Crippen LogP contribution in [0, 0.1) is 0 Å². The number of carbonyl (C=O) groups excluding carboxylic acids is 2. The van der Waals surface area contributed by atoms with E-state index in [2.05, 4.69) is 10.3 Å². The molecule has 7 nitrogen and oxygen atoms in total. The summed E-state index contributed by atoms with van der Waals surface area (Å²) in [5, 5.41) is 7.86. The normalized spacial score (nSPS) is 15.5. The molecule has 0 spiro atoms. The predicted molar refractivity (Wildman–Crippen MR) is 76.9 cm³/mol. The smallest absolute Gasteiger partial charge is 0.346 e. The number of nitrogens with zero attached hydrogens (tertiary/aromatic N) is 4. The first-order valence-corrected chi connectivity index (χ1v) is 7.00. The zero-order valence-electron chi connectivity index (χ0n) is 11.8. The summed E-state index contributed by atoms with van der Waals surface area (Å²) >= 11 is 0. The summed E-state index contributed by atoms with van der Waals surface area (Å²) in [5.74, 6) is -0.527. The quantitative estimate of drug-likeness (QED) is 0.902. The van der Waals surface area contributed by atoms with Crippen molar-refractivity contribution < 1.29 is 9.59 Å². The molecule has 0 saturated heterocycles. The van der Waals surface area contributed by atoms with Crippen molar-refractivity contribution in [2.75, 3.05) is 7.05 Å². The van der Waals surface area contributed by atoms with Crippen LogP contribution in [0.1, 0.15) is 36.0 Å². The zero-order valence-corrected chi connectivity index (χ0v) is 11.8. The molecule has 3 rings (SSSR count). The summed E-state index contributed by atoms with van der Waals surface area (Å²) < 4.78 is 1.28. The molecule has 0 bridgehead atoms. The van der Waals surface area contributed by atoms with Gasteiger partial charge in [-0.15, -0.1) is 5.10 Å². The van der Waals surface area contributed by atoms with Crippen molar-refractivity contribution in [3.63, 3.8) is 0 Å². The van der Waals surface area contributed by atoms with E-state index in [1.54, 1.807) is 30.1 Å². The van der Waals surface area contributed by atoms with E-state index in [0.29, 0.717) is 16.6 Å².